The largest absolute Gasteiger partial charge is 0.417 e. The van der Waals surface area contributed by atoms with Gasteiger partial charge in [0.2, 0.25) is 5.91 Å². The first-order chi connectivity index (χ1) is 16.2. The number of carbonyl (C=O) groups is 1. The maximum atomic E-state index is 13.0. The summed E-state index contributed by atoms with van der Waals surface area (Å²) in [6, 6.07) is 1.96. The van der Waals surface area contributed by atoms with Gasteiger partial charge >= 0.3 is 6.18 Å². The minimum Gasteiger partial charge on any atom is -0.381 e. The summed E-state index contributed by atoms with van der Waals surface area (Å²) in [5, 5.41) is 3.74. The van der Waals surface area contributed by atoms with Crippen molar-refractivity contribution in [2.75, 3.05) is 44.3 Å². The molecule has 2 aliphatic heterocycles. The van der Waals surface area contributed by atoms with Gasteiger partial charge in [0.05, 0.1) is 24.1 Å². The Morgan fingerprint density at radius 1 is 1.15 bits per heavy atom. The van der Waals surface area contributed by atoms with Gasteiger partial charge in [-0.15, -0.1) is 0 Å². The van der Waals surface area contributed by atoms with Gasteiger partial charge in [-0.2, -0.15) is 13.2 Å². The third-order valence-electron chi connectivity index (χ3n) is 6.88. The van der Waals surface area contributed by atoms with Crippen molar-refractivity contribution < 1.29 is 22.7 Å². The van der Waals surface area contributed by atoms with Crippen LogP contribution in [0.1, 0.15) is 58.4 Å². The molecule has 4 rings (SSSR count). The van der Waals surface area contributed by atoms with E-state index >= 15 is 0 Å². The van der Waals surface area contributed by atoms with E-state index in [4.69, 9.17) is 4.74 Å². The fraction of sp³-hybridized carbons (Fsp3) is 0.760. The van der Waals surface area contributed by atoms with Gasteiger partial charge in [0, 0.05) is 57.0 Å². The maximum absolute atomic E-state index is 13.0. The SMILES string of the molecule is CC1COCCC1NC1CCC(C(=O)N2CCN(c3cncc(C(F)(F)F)c3)CC2)C1.CCC. The minimum absolute atomic E-state index is 0.0365. The van der Waals surface area contributed by atoms with E-state index in [1.54, 1.807) is 0 Å². The average molecular weight is 485 g/mol. The van der Waals surface area contributed by atoms with Crippen LogP contribution < -0.4 is 10.2 Å². The second kappa shape index (κ2) is 12.2. The molecule has 1 saturated carbocycles. The number of piperazine rings is 1. The van der Waals surface area contributed by atoms with Crippen molar-refractivity contribution in [1.29, 1.82) is 0 Å². The molecule has 0 aromatic carbocycles. The lowest BCUT2D eigenvalue weighted by atomic mass is 9.96. The molecule has 0 spiro atoms. The summed E-state index contributed by atoms with van der Waals surface area (Å²) in [7, 11) is 0. The van der Waals surface area contributed by atoms with Crippen LogP contribution in [0.3, 0.4) is 0 Å². The molecule has 3 aliphatic rings. The number of aromatic nitrogens is 1. The van der Waals surface area contributed by atoms with Gasteiger partial charge in [0.1, 0.15) is 0 Å². The number of nitrogens with one attached hydrogen (secondary N) is 1. The number of alkyl halides is 3. The Morgan fingerprint density at radius 3 is 2.50 bits per heavy atom. The molecule has 1 aromatic rings. The zero-order chi connectivity index (χ0) is 24.7. The number of anilines is 1. The Bertz CT molecular complexity index is 784. The molecule has 2 saturated heterocycles. The van der Waals surface area contributed by atoms with Crippen LogP contribution in [0.4, 0.5) is 18.9 Å². The van der Waals surface area contributed by atoms with Crippen LogP contribution in [-0.2, 0) is 15.7 Å². The van der Waals surface area contributed by atoms with Crippen molar-refractivity contribution >= 4 is 11.6 Å². The van der Waals surface area contributed by atoms with Gasteiger partial charge in [-0.3, -0.25) is 9.78 Å². The smallest absolute Gasteiger partial charge is 0.381 e. The van der Waals surface area contributed by atoms with Crippen LogP contribution >= 0.6 is 0 Å². The fourth-order valence-corrected chi connectivity index (χ4v) is 4.99. The van der Waals surface area contributed by atoms with Gasteiger partial charge in [0.25, 0.3) is 0 Å². The van der Waals surface area contributed by atoms with Gasteiger partial charge in [0.15, 0.2) is 0 Å². The molecule has 3 heterocycles. The first-order valence-corrected chi connectivity index (χ1v) is 12.6. The van der Waals surface area contributed by atoms with Gasteiger partial charge in [-0.25, -0.2) is 0 Å². The van der Waals surface area contributed by atoms with Crippen molar-refractivity contribution in [2.45, 2.75) is 71.1 Å². The van der Waals surface area contributed by atoms with Gasteiger partial charge < -0.3 is 19.9 Å². The molecule has 4 unspecified atom stereocenters. The van der Waals surface area contributed by atoms with E-state index in [0.717, 1.165) is 51.2 Å². The first kappa shape index (κ1) is 26.7. The number of carbonyl (C=O) groups excluding carboxylic acids is 1. The standard InChI is InChI=1S/C22H31F3N4O2.C3H8/c1-15-14-31-9-4-20(15)27-18-3-2-16(10-18)21(30)29-7-5-28(6-8-29)19-11-17(12-26-13-19)22(23,24)25;1-3-2/h11-13,15-16,18,20,27H,2-10,14H2,1H3;3H2,1-2H3. The van der Waals surface area contributed by atoms with Crippen molar-refractivity contribution in [2.24, 2.45) is 11.8 Å². The summed E-state index contributed by atoms with van der Waals surface area (Å²) in [5.74, 6) is 0.711. The van der Waals surface area contributed by atoms with Crippen LogP contribution in [0.2, 0.25) is 0 Å². The lowest BCUT2D eigenvalue weighted by Crippen LogP contribution is -2.50. The van der Waals surface area contributed by atoms with E-state index in [9.17, 15) is 18.0 Å². The van der Waals surface area contributed by atoms with Crippen molar-refractivity contribution in [1.82, 2.24) is 15.2 Å². The summed E-state index contributed by atoms with van der Waals surface area (Å²) in [5.41, 5.74) is -0.288. The number of rotatable bonds is 4. The molecule has 3 fully saturated rings. The van der Waals surface area contributed by atoms with Crippen LogP contribution in [0, 0.1) is 11.8 Å². The van der Waals surface area contributed by atoms with E-state index in [1.165, 1.54) is 12.6 Å². The molecule has 1 aromatic heterocycles. The number of halogens is 3. The van der Waals surface area contributed by atoms with Crippen LogP contribution in [0.5, 0.6) is 0 Å². The zero-order valence-corrected chi connectivity index (χ0v) is 20.6. The molecule has 192 valence electrons. The molecular formula is C25H39F3N4O2. The highest BCUT2D eigenvalue weighted by molar-refractivity contribution is 5.79. The molecule has 1 amide bonds. The number of hydrogen-bond acceptors (Lipinski definition) is 5. The number of amides is 1. The number of pyridine rings is 1. The van der Waals surface area contributed by atoms with Crippen molar-refractivity contribution in [3.63, 3.8) is 0 Å². The number of hydrogen-bond donors (Lipinski definition) is 1. The van der Waals surface area contributed by atoms with Gasteiger partial charge in [-0.1, -0.05) is 27.2 Å². The van der Waals surface area contributed by atoms with Crippen molar-refractivity contribution in [3.05, 3.63) is 24.0 Å². The molecule has 1 N–H and O–H groups in total. The highest BCUT2D eigenvalue weighted by Gasteiger charge is 2.36. The molecule has 34 heavy (non-hydrogen) atoms. The minimum atomic E-state index is -4.41. The summed E-state index contributed by atoms with van der Waals surface area (Å²) in [6.45, 7) is 10.1. The van der Waals surface area contributed by atoms with E-state index in [1.807, 2.05) is 9.80 Å². The Morgan fingerprint density at radius 2 is 1.85 bits per heavy atom. The Labute approximate surface area is 201 Å². The molecule has 0 bridgehead atoms. The summed E-state index contributed by atoms with van der Waals surface area (Å²) in [6.07, 6.45) is 2.92. The van der Waals surface area contributed by atoms with Gasteiger partial charge in [-0.05, 0) is 37.7 Å². The van der Waals surface area contributed by atoms with E-state index < -0.39 is 11.7 Å². The van der Waals surface area contributed by atoms with Crippen LogP contribution in [-0.4, -0.2) is 67.3 Å². The monoisotopic (exact) mass is 484 g/mol. The Kier molecular flexibility index (Phi) is 9.59. The highest BCUT2D eigenvalue weighted by Crippen LogP contribution is 2.32. The van der Waals surface area contributed by atoms with E-state index in [-0.39, 0.29) is 11.8 Å². The lowest BCUT2D eigenvalue weighted by molar-refractivity contribution is -0.137. The summed E-state index contributed by atoms with van der Waals surface area (Å²) < 4.78 is 44.4. The summed E-state index contributed by atoms with van der Waals surface area (Å²) >= 11 is 0. The van der Waals surface area contributed by atoms with E-state index in [2.05, 4.69) is 31.1 Å². The van der Waals surface area contributed by atoms with Crippen LogP contribution in [0.25, 0.3) is 0 Å². The van der Waals surface area contributed by atoms with E-state index in [0.29, 0.717) is 49.9 Å². The quantitative estimate of drug-likeness (QED) is 0.689. The average Bonchev–Trinajstić information content (AvgIpc) is 3.29. The molecular weight excluding hydrogens is 445 g/mol. The highest BCUT2D eigenvalue weighted by atomic mass is 19.4. The third-order valence-corrected chi connectivity index (χ3v) is 6.88. The molecule has 4 atom stereocenters. The Hall–Kier alpha value is -1.87. The maximum Gasteiger partial charge on any atom is 0.417 e. The fourth-order valence-electron chi connectivity index (χ4n) is 4.99. The second-order valence-corrected chi connectivity index (χ2v) is 9.77. The number of ether oxygens (including phenoxy) is 1. The molecule has 9 heteroatoms. The Balaban J connectivity index is 0.00000103. The third kappa shape index (κ3) is 7.07. The van der Waals surface area contributed by atoms with Crippen LogP contribution in [0.15, 0.2) is 18.5 Å². The normalized spacial score (nSPS) is 27.8. The summed E-state index contributed by atoms with van der Waals surface area (Å²) in [4.78, 5) is 20.5. The zero-order valence-electron chi connectivity index (χ0n) is 20.6. The molecule has 6 nitrogen and oxygen atoms in total. The predicted molar refractivity (Wildman–Crippen MR) is 127 cm³/mol. The number of nitrogens with zero attached hydrogens (tertiary/aromatic N) is 3. The van der Waals surface area contributed by atoms with Crippen molar-refractivity contribution in [3.8, 4) is 0 Å². The predicted octanol–water partition coefficient (Wildman–Crippen LogP) is 4.35. The second-order valence-electron chi connectivity index (χ2n) is 9.77. The topological polar surface area (TPSA) is 57.7 Å². The first-order valence-electron chi connectivity index (χ1n) is 12.6. The molecule has 1 aliphatic carbocycles. The lowest BCUT2D eigenvalue weighted by Gasteiger charge is -2.37. The molecule has 0 radical (unpaired) electrons.